The van der Waals surface area contributed by atoms with Crippen molar-refractivity contribution in [1.82, 2.24) is 4.90 Å². The zero-order valence-corrected chi connectivity index (χ0v) is 16.1. The largest absolute Gasteiger partial charge is 0.389 e. The zero-order valence-electron chi connectivity index (χ0n) is 15.4. The van der Waals surface area contributed by atoms with Crippen LogP contribution in [0.5, 0.6) is 0 Å². The van der Waals surface area contributed by atoms with Crippen LogP contribution in [0.2, 0.25) is 5.02 Å². The van der Waals surface area contributed by atoms with Crippen LogP contribution in [0.25, 0.3) is 0 Å². The van der Waals surface area contributed by atoms with Gasteiger partial charge < -0.3 is 5.11 Å². The van der Waals surface area contributed by atoms with Gasteiger partial charge in [0.05, 0.1) is 5.60 Å². The lowest BCUT2D eigenvalue weighted by Crippen LogP contribution is -2.50. The highest BCUT2D eigenvalue weighted by Gasteiger charge is 2.46. The summed E-state index contributed by atoms with van der Waals surface area (Å²) >= 11 is 6.08. The molecule has 1 aliphatic rings. The molecule has 1 unspecified atom stereocenters. The molecule has 1 atom stereocenters. The van der Waals surface area contributed by atoms with Crippen molar-refractivity contribution in [2.24, 2.45) is 0 Å². The summed E-state index contributed by atoms with van der Waals surface area (Å²) in [7, 11) is 4.28. The van der Waals surface area contributed by atoms with Crippen LogP contribution in [-0.2, 0) is 5.54 Å². The van der Waals surface area contributed by atoms with Crippen molar-refractivity contribution in [3.8, 4) is 0 Å². The Morgan fingerprint density at radius 3 is 2.00 bits per heavy atom. The van der Waals surface area contributed by atoms with E-state index in [9.17, 15) is 5.11 Å². The Hall–Kier alpha value is -1.35. The van der Waals surface area contributed by atoms with Crippen molar-refractivity contribution in [3.63, 3.8) is 0 Å². The van der Waals surface area contributed by atoms with Gasteiger partial charge in [-0.3, -0.25) is 4.90 Å². The van der Waals surface area contributed by atoms with Gasteiger partial charge in [0, 0.05) is 16.5 Å². The molecule has 3 rings (SSSR count). The Balaban J connectivity index is 1.83. The van der Waals surface area contributed by atoms with E-state index in [0.29, 0.717) is 0 Å². The third kappa shape index (κ3) is 3.48. The first-order chi connectivity index (χ1) is 11.9. The number of benzene rings is 2. The molecule has 0 aromatic heterocycles. The van der Waals surface area contributed by atoms with Gasteiger partial charge in [0.2, 0.25) is 0 Å². The molecule has 2 aromatic rings. The second-order valence-electron chi connectivity index (χ2n) is 7.67. The van der Waals surface area contributed by atoms with Crippen LogP contribution in [0.15, 0.2) is 54.6 Å². The Kier molecular flexibility index (Phi) is 5.24. The van der Waals surface area contributed by atoms with Crippen LogP contribution in [0.4, 0.5) is 0 Å². The first kappa shape index (κ1) is 18.4. The fourth-order valence-corrected chi connectivity index (χ4v) is 4.46. The van der Waals surface area contributed by atoms with E-state index in [-0.39, 0.29) is 11.5 Å². The monoisotopic (exact) mass is 357 g/mol. The minimum absolute atomic E-state index is 0.0345. The fourth-order valence-electron chi connectivity index (χ4n) is 4.34. The van der Waals surface area contributed by atoms with Gasteiger partial charge in [-0.15, -0.1) is 0 Å². The van der Waals surface area contributed by atoms with Crippen LogP contribution in [0.3, 0.4) is 0 Å². The van der Waals surface area contributed by atoms with E-state index in [1.54, 1.807) is 0 Å². The van der Waals surface area contributed by atoms with Gasteiger partial charge in [-0.2, -0.15) is 0 Å². The number of halogens is 1. The van der Waals surface area contributed by atoms with E-state index >= 15 is 0 Å². The van der Waals surface area contributed by atoms with E-state index in [1.807, 2.05) is 18.2 Å². The molecule has 1 N–H and O–H groups in total. The summed E-state index contributed by atoms with van der Waals surface area (Å²) in [6.07, 6.45) is 3.47. The summed E-state index contributed by atoms with van der Waals surface area (Å²) in [5.41, 5.74) is 1.82. The lowest BCUT2D eigenvalue weighted by atomic mass is 9.65. The normalized spacial score (nSPS) is 28.1. The SMILES string of the molecule is CC(c1ccccc1)C1(O)CCC(c2ccc(Cl)cc2)(N(C)C)CC1. The van der Waals surface area contributed by atoms with E-state index < -0.39 is 5.60 Å². The average Bonchev–Trinajstić information content (AvgIpc) is 2.63. The predicted octanol–water partition coefficient (Wildman–Crippen LogP) is 5.21. The molecule has 0 aliphatic heterocycles. The number of aliphatic hydroxyl groups is 1. The number of nitrogens with zero attached hydrogens (tertiary/aromatic N) is 1. The van der Waals surface area contributed by atoms with Gasteiger partial charge in [-0.1, -0.05) is 61.0 Å². The minimum atomic E-state index is -0.646. The van der Waals surface area contributed by atoms with Crippen molar-refractivity contribution in [1.29, 1.82) is 0 Å². The summed E-state index contributed by atoms with van der Waals surface area (Å²) in [6.45, 7) is 2.15. The standard InChI is InChI=1S/C22H28ClNO/c1-17(18-7-5-4-6-8-18)22(25)15-13-21(14-16-22,24(2)3)19-9-11-20(23)12-10-19/h4-12,17,25H,13-16H2,1-3H3. The highest BCUT2D eigenvalue weighted by atomic mass is 35.5. The fraction of sp³-hybridized carbons (Fsp3) is 0.455. The van der Waals surface area contributed by atoms with Crippen molar-refractivity contribution < 1.29 is 5.11 Å². The number of rotatable bonds is 4. The summed E-state index contributed by atoms with van der Waals surface area (Å²) in [6, 6.07) is 18.6. The Bertz CT molecular complexity index is 688. The maximum absolute atomic E-state index is 11.4. The van der Waals surface area contributed by atoms with E-state index in [2.05, 4.69) is 62.3 Å². The second kappa shape index (κ2) is 7.11. The summed E-state index contributed by atoms with van der Waals surface area (Å²) in [4.78, 5) is 2.31. The topological polar surface area (TPSA) is 23.5 Å². The maximum Gasteiger partial charge on any atom is 0.0715 e. The molecule has 0 amide bonds. The molecule has 0 bridgehead atoms. The first-order valence-electron chi connectivity index (χ1n) is 9.08. The molecule has 1 saturated carbocycles. The Labute approximate surface area is 156 Å². The van der Waals surface area contributed by atoms with Crippen LogP contribution in [0.1, 0.15) is 49.7 Å². The summed E-state index contributed by atoms with van der Waals surface area (Å²) in [5.74, 6) is 0.138. The molecule has 1 aliphatic carbocycles. The van der Waals surface area contributed by atoms with E-state index in [1.165, 1.54) is 11.1 Å². The molecule has 3 heteroatoms. The van der Waals surface area contributed by atoms with Gasteiger partial charge in [0.15, 0.2) is 0 Å². The average molecular weight is 358 g/mol. The molecular weight excluding hydrogens is 330 g/mol. The molecule has 1 fully saturated rings. The molecule has 0 spiro atoms. The van der Waals surface area contributed by atoms with Crippen LogP contribution in [-0.4, -0.2) is 29.7 Å². The Morgan fingerprint density at radius 2 is 1.48 bits per heavy atom. The van der Waals surface area contributed by atoms with Gasteiger partial charge in [-0.05, 0) is 63.0 Å². The van der Waals surface area contributed by atoms with Crippen molar-refractivity contribution >= 4 is 11.6 Å². The van der Waals surface area contributed by atoms with Gasteiger partial charge in [-0.25, -0.2) is 0 Å². The van der Waals surface area contributed by atoms with Crippen molar-refractivity contribution in [3.05, 3.63) is 70.7 Å². The Morgan fingerprint density at radius 1 is 0.920 bits per heavy atom. The second-order valence-corrected chi connectivity index (χ2v) is 8.11. The van der Waals surface area contributed by atoms with Crippen LogP contribution >= 0.6 is 11.6 Å². The third-order valence-corrected chi connectivity index (χ3v) is 6.54. The molecule has 0 heterocycles. The molecule has 25 heavy (non-hydrogen) atoms. The third-order valence-electron chi connectivity index (χ3n) is 6.29. The van der Waals surface area contributed by atoms with Crippen LogP contribution < -0.4 is 0 Å². The predicted molar refractivity (Wildman–Crippen MR) is 105 cm³/mol. The van der Waals surface area contributed by atoms with Crippen molar-refractivity contribution in [2.75, 3.05) is 14.1 Å². The van der Waals surface area contributed by atoms with Crippen molar-refractivity contribution in [2.45, 2.75) is 49.7 Å². The maximum atomic E-state index is 11.4. The highest BCUT2D eigenvalue weighted by Crippen LogP contribution is 2.48. The lowest BCUT2D eigenvalue weighted by molar-refractivity contribution is -0.0608. The molecule has 2 nitrogen and oxygen atoms in total. The molecular formula is C22H28ClNO. The van der Waals surface area contributed by atoms with Gasteiger partial charge in [0.1, 0.15) is 0 Å². The first-order valence-corrected chi connectivity index (χ1v) is 9.46. The summed E-state index contributed by atoms with van der Waals surface area (Å²) in [5, 5.41) is 12.1. The number of hydrogen-bond donors (Lipinski definition) is 1. The molecule has 134 valence electrons. The molecule has 2 aromatic carbocycles. The summed E-state index contributed by atoms with van der Waals surface area (Å²) < 4.78 is 0. The zero-order chi connectivity index (χ0) is 18.1. The molecule has 0 radical (unpaired) electrons. The van der Waals surface area contributed by atoms with Crippen LogP contribution in [0, 0.1) is 0 Å². The minimum Gasteiger partial charge on any atom is -0.389 e. The lowest BCUT2D eigenvalue weighted by Gasteiger charge is -2.50. The quantitative estimate of drug-likeness (QED) is 0.812. The molecule has 0 saturated heterocycles. The van der Waals surface area contributed by atoms with Gasteiger partial charge in [0.25, 0.3) is 0 Å². The van der Waals surface area contributed by atoms with E-state index in [0.717, 1.165) is 30.7 Å². The van der Waals surface area contributed by atoms with Gasteiger partial charge >= 0.3 is 0 Å². The van der Waals surface area contributed by atoms with E-state index in [4.69, 9.17) is 11.6 Å². The highest BCUT2D eigenvalue weighted by molar-refractivity contribution is 6.30. The smallest absolute Gasteiger partial charge is 0.0715 e. The number of hydrogen-bond acceptors (Lipinski definition) is 2.